The van der Waals surface area contributed by atoms with E-state index in [1.165, 1.54) is 25.7 Å². The van der Waals surface area contributed by atoms with Gasteiger partial charge in [0.2, 0.25) is 0 Å². The fourth-order valence-electron chi connectivity index (χ4n) is 2.86. The monoisotopic (exact) mass is 264 g/mol. The lowest BCUT2D eigenvalue weighted by molar-refractivity contribution is 0.346. The van der Waals surface area contributed by atoms with Crippen LogP contribution in [-0.2, 0) is 11.8 Å². The number of rotatable bonds is 7. The molecule has 1 aromatic heterocycles. The molecule has 0 aromatic carbocycles. The summed E-state index contributed by atoms with van der Waals surface area (Å²) in [6, 6.07) is 0. The Kier molecular flexibility index (Phi) is 5.03. The molecule has 0 bridgehead atoms. The number of nitrogens with one attached hydrogen (secondary N) is 1. The lowest BCUT2D eigenvalue weighted by Gasteiger charge is -2.19. The second kappa shape index (κ2) is 6.56. The maximum absolute atomic E-state index is 5.96. The zero-order chi connectivity index (χ0) is 13.7. The van der Waals surface area contributed by atoms with Gasteiger partial charge in [0.05, 0.1) is 6.20 Å². The Balaban J connectivity index is 1.75. The van der Waals surface area contributed by atoms with E-state index >= 15 is 0 Å². The molecule has 2 rings (SSSR count). The van der Waals surface area contributed by atoms with Gasteiger partial charge >= 0.3 is 0 Å². The van der Waals surface area contributed by atoms with Crippen LogP contribution in [0.1, 0.15) is 64.5 Å². The standard InChI is InChI=1S/C16H28N2O/c1-13(2)11-17-10-6-7-15-18-12-14(19-15)16(3)8-4-5-9-16/h12-13,17H,4-11H2,1-3H3. The molecule has 0 radical (unpaired) electrons. The summed E-state index contributed by atoms with van der Waals surface area (Å²) < 4.78 is 5.96. The molecule has 0 amide bonds. The fourth-order valence-corrected chi connectivity index (χ4v) is 2.86. The molecular formula is C16H28N2O. The highest BCUT2D eigenvalue weighted by molar-refractivity contribution is 5.11. The van der Waals surface area contributed by atoms with Gasteiger partial charge in [-0.15, -0.1) is 0 Å². The summed E-state index contributed by atoms with van der Waals surface area (Å²) >= 11 is 0. The van der Waals surface area contributed by atoms with Gasteiger partial charge in [-0.1, -0.05) is 33.6 Å². The van der Waals surface area contributed by atoms with E-state index < -0.39 is 0 Å². The maximum atomic E-state index is 5.96. The largest absolute Gasteiger partial charge is 0.445 e. The minimum atomic E-state index is 0.251. The van der Waals surface area contributed by atoms with Crippen molar-refractivity contribution >= 4 is 0 Å². The van der Waals surface area contributed by atoms with Crippen LogP contribution in [0.25, 0.3) is 0 Å². The quantitative estimate of drug-likeness (QED) is 0.763. The average Bonchev–Trinajstić information content (AvgIpc) is 2.98. The van der Waals surface area contributed by atoms with Crippen LogP contribution in [0.15, 0.2) is 10.6 Å². The Morgan fingerprint density at radius 2 is 2.11 bits per heavy atom. The van der Waals surface area contributed by atoms with Crippen molar-refractivity contribution in [3.63, 3.8) is 0 Å². The number of aryl methyl sites for hydroxylation is 1. The number of hydrogen-bond donors (Lipinski definition) is 1. The van der Waals surface area contributed by atoms with Crippen molar-refractivity contribution in [3.05, 3.63) is 17.8 Å². The Hall–Kier alpha value is -0.830. The van der Waals surface area contributed by atoms with Crippen LogP contribution in [-0.4, -0.2) is 18.1 Å². The molecule has 19 heavy (non-hydrogen) atoms. The third-order valence-corrected chi connectivity index (χ3v) is 4.15. The Bertz CT molecular complexity index is 378. The zero-order valence-corrected chi connectivity index (χ0v) is 12.7. The summed E-state index contributed by atoms with van der Waals surface area (Å²) in [4.78, 5) is 4.44. The highest BCUT2D eigenvalue weighted by Gasteiger charge is 2.33. The van der Waals surface area contributed by atoms with Crippen LogP contribution in [0, 0.1) is 5.92 Å². The van der Waals surface area contributed by atoms with Crippen molar-refractivity contribution in [2.24, 2.45) is 5.92 Å². The second-order valence-corrected chi connectivity index (χ2v) is 6.59. The molecule has 1 saturated carbocycles. The third-order valence-electron chi connectivity index (χ3n) is 4.15. The van der Waals surface area contributed by atoms with Gasteiger partial charge in [0, 0.05) is 11.8 Å². The molecule has 0 unspecified atom stereocenters. The first-order chi connectivity index (χ1) is 9.10. The predicted molar refractivity (Wildman–Crippen MR) is 78.4 cm³/mol. The first-order valence-corrected chi connectivity index (χ1v) is 7.76. The highest BCUT2D eigenvalue weighted by atomic mass is 16.4. The maximum Gasteiger partial charge on any atom is 0.194 e. The first-order valence-electron chi connectivity index (χ1n) is 7.76. The van der Waals surface area contributed by atoms with Gasteiger partial charge in [-0.05, 0) is 38.3 Å². The van der Waals surface area contributed by atoms with Gasteiger partial charge in [-0.25, -0.2) is 4.98 Å². The molecule has 0 spiro atoms. The van der Waals surface area contributed by atoms with Crippen LogP contribution in [0.4, 0.5) is 0 Å². The molecule has 1 aliphatic rings. The van der Waals surface area contributed by atoms with Crippen LogP contribution < -0.4 is 5.32 Å². The molecule has 1 N–H and O–H groups in total. The van der Waals surface area contributed by atoms with Crippen molar-refractivity contribution in [1.82, 2.24) is 10.3 Å². The topological polar surface area (TPSA) is 38.1 Å². The minimum Gasteiger partial charge on any atom is -0.445 e. The Morgan fingerprint density at radius 1 is 1.37 bits per heavy atom. The lowest BCUT2D eigenvalue weighted by Crippen LogP contribution is -2.21. The first kappa shape index (κ1) is 14.6. The summed E-state index contributed by atoms with van der Waals surface area (Å²) in [7, 11) is 0. The predicted octanol–water partition coefficient (Wildman–Crippen LogP) is 3.68. The van der Waals surface area contributed by atoms with Gasteiger partial charge in [0.15, 0.2) is 5.89 Å². The highest BCUT2D eigenvalue weighted by Crippen LogP contribution is 2.40. The number of aromatic nitrogens is 1. The van der Waals surface area contributed by atoms with Crippen LogP contribution in [0.3, 0.4) is 0 Å². The minimum absolute atomic E-state index is 0.251. The van der Waals surface area contributed by atoms with E-state index in [1.807, 2.05) is 6.20 Å². The second-order valence-electron chi connectivity index (χ2n) is 6.59. The van der Waals surface area contributed by atoms with E-state index in [1.54, 1.807) is 0 Å². The van der Waals surface area contributed by atoms with E-state index in [2.05, 4.69) is 31.1 Å². The van der Waals surface area contributed by atoms with Crippen LogP contribution in [0.2, 0.25) is 0 Å². The molecule has 0 aliphatic heterocycles. The molecule has 3 heteroatoms. The molecule has 3 nitrogen and oxygen atoms in total. The Morgan fingerprint density at radius 3 is 2.79 bits per heavy atom. The molecule has 1 fully saturated rings. The number of hydrogen-bond acceptors (Lipinski definition) is 3. The lowest BCUT2D eigenvalue weighted by atomic mass is 9.87. The molecule has 1 aromatic rings. The smallest absolute Gasteiger partial charge is 0.194 e. The van der Waals surface area contributed by atoms with Gasteiger partial charge in [0.25, 0.3) is 0 Å². The average molecular weight is 264 g/mol. The van der Waals surface area contributed by atoms with E-state index in [0.717, 1.165) is 43.5 Å². The van der Waals surface area contributed by atoms with Gasteiger partial charge in [0.1, 0.15) is 5.76 Å². The van der Waals surface area contributed by atoms with Gasteiger partial charge < -0.3 is 9.73 Å². The molecular weight excluding hydrogens is 236 g/mol. The molecule has 1 heterocycles. The zero-order valence-electron chi connectivity index (χ0n) is 12.7. The number of oxazole rings is 1. The summed E-state index contributed by atoms with van der Waals surface area (Å²) in [5.41, 5.74) is 0.251. The normalized spacial score (nSPS) is 18.3. The van der Waals surface area contributed by atoms with E-state index in [4.69, 9.17) is 4.42 Å². The Labute approximate surface area is 117 Å². The SMILES string of the molecule is CC(C)CNCCCc1ncc(C2(C)CCCC2)o1. The van der Waals surface area contributed by atoms with Crippen LogP contribution in [0.5, 0.6) is 0 Å². The molecule has 0 atom stereocenters. The van der Waals surface area contributed by atoms with Crippen molar-refractivity contribution in [3.8, 4) is 0 Å². The van der Waals surface area contributed by atoms with Gasteiger partial charge in [-0.2, -0.15) is 0 Å². The van der Waals surface area contributed by atoms with Crippen LogP contribution >= 0.6 is 0 Å². The fraction of sp³-hybridized carbons (Fsp3) is 0.812. The van der Waals surface area contributed by atoms with Crippen molar-refractivity contribution < 1.29 is 4.42 Å². The third kappa shape index (κ3) is 4.07. The van der Waals surface area contributed by atoms with Crippen molar-refractivity contribution in [1.29, 1.82) is 0 Å². The van der Waals surface area contributed by atoms with Crippen molar-refractivity contribution in [2.75, 3.05) is 13.1 Å². The van der Waals surface area contributed by atoms with E-state index in [-0.39, 0.29) is 5.41 Å². The number of nitrogens with zero attached hydrogens (tertiary/aromatic N) is 1. The summed E-state index contributed by atoms with van der Waals surface area (Å²) in [5.74, 6) is 2.74. The summed E-state index contributed by atoms with van der Waals surface area (Å²) in [6.45, 7) is 8.92. The van der Waals surface area contributed by atoms with Gasteiger partial charge in [-0.3, -0.25) is 0 Å². The molecule has 0 saturated heterocycles. The summed E-state index contributed by atoms with van der Waals surface area (Å²) in [6.07, 6.45) is 9.15. The van der Waals surface area contributed by atoms with E-state index in [0.29, 0.717) is 0 Å². The molecule has 1 aliphatic carbocycles. The van der Waals surface area contributed by atoms with Crippen molar-refractivity contribution in [2.45, 2.75) is 64.7 Å². The molecule has 108 valence electrons. The summed E-state index contributed by atoms with van der Waals surface area (Å²) in [5, 5.41) is 3.46. The van der Waals surface area contributed by atoms with E-state index in [9.17, 15) is 0 Å².